The van der Waals surface area contributed by atoms with Crippen LogP contribution in [-0.2, 0) is 9.16 Å². The molecule has 1 aliphatic rings. The molecule has 9 nitrogen and oxygen atoms in total. The summed E-state index contributed by atoms with van der Waals surface area (Å²) in [6.07, 6.45) is 4.63. The molecule has 5 rings (SSSR count). The average molecular weight is 622 g/mol. The number of amides is 1. The number of benzene rings is 1. The average Bonchev–Trinajstić information content (AvgIpc) is 3.51. The predicted molar refractivity (Wildman–Crippen MR) is 171 cm³/mol. The molecule has 236 valence electrons. The minimum atomic E-state index is -2.36. The van der Waals surface area contributed by atoms with Crippen LogP contribution in [0.4, 0.5) is 9.18 Å². The van der Waals surface area contributed by atoms with Crippen molar-refractivity contribution >= 4 is 25.4 Å². The number of hydrogen-bond acceptors (Lipinski definition) is 7. The first-order valence-electron chi connectivity index (χ1n) is 15.3. The number of carbonyl (C=O) groups is 1. The molecule has 1 fully saturated rings. The molecule has 0 spiro atoms. The Morgan fingerprint density at radius 1 is 1.11 bits per heavy atom. The monoisotopic (exact) mass is 621 g/mol. The third-order valence-corrected chi connectivity index (χ3v) is 13.1. The molecule has 44 heavy (non-hydrogen) atoms. The number of nitrogens with one attached hydrogen (secondary N) is 1. The number of pyridine rings is 1. The molecule has 0 aliphatic heterocycles. The molecule has 0 bridgehead atoms. The van der Waals surface area contributed by atoms with Gasteiger partial charge in [-0.25, -0.2) is 24.1 Å². The topological polar surface area (TPSA) is 104 Å². The minimum absolute atomic E-state index is 0.0866. The quantitative estimate of drug-likeness (QED) is 0.216. The van der Waals surface area contributed by atoms with Crippen LogP contribution in [0.1, 0.15) is 72.5 Å². The highest BCUT2D eigenvalue weighted by molar-refractivity contribution is 6.74. The van der Waals surface area contributed by atoms with Crippen molar-refractivity contribution < 1.29 is 22.8 Å². The van der Waals surface area contributed by atoms with Crippen molar-refractivity contribution in [1.82, 2.24) is 24.8 Å². The van der Waals surface area contributed by atoms with E-state index in [1.54, 1.807) is 30.7 Å². The maximum Gasteiger partial charge on any atom is 0.407 e. The van der Waals surface area contributed by atoms with Gasteiger partial charge in [-0.2, -0.15) is 0 Å². The van der Waals surface area contributed by atoms with Gasteiger partial charge in [-0.05, 0) is 83.3 Å². The Labute approximate surface area is 259 Å². The number of aryl methyl sites for hydroxylation is 1. The van der Waals surface area contributed by atoms with Gasteiger partial charge in [-0.15, -0.1) is 0 Å². The maximum absolute atomic E-state index is 15.4. The number of halogens is 1. The Balaban J connectivity index is 1.69. The van der Waals surface area contributed by atoms with Crippen LogP contribution in [0.2, 0.25) is 18.1 Å². The standard InChI is InChI=1S/C33H44FN5O4Si/c1-20-19-41-30(36-20)24-17-27-25(18-35-24)37-29(21-13-10-11-14-22(21)34)39(27)26-16-12-15-23(38-31(40)42-32(2,3)4)28(26)43-44(8,9)33(5,6)7/h10-11,13-14,17-19,23,26,28H,12,15-16H2,1-9H3,(H,38,40)/t23-,26+,28+/m0/s1. The van der Waals surface area contributed by atoms with Crippen molar-refractivity contribution in [1.29, 1.82) is 0 Å². The lowest BCUT2D eigenvalue weighted by Gasteiger charge is -2.46. The van der Waals surface area contributed by atoms with Crippen LogP contribution in [0.25, 0.3) is 34.0 Å². The van der Waals surface area contributed by atoms with Crippen molar-refractivity contribution in [2.45, 2.75) is 110 Å². The number of carbonyl (C=O) groups excluding carboxylic acids is 1. The molecule has 4 aromatic rings. The number of oxazole rings is 1. The lowest BCUT2D eigenvalue weighted by molar-refractivity contribution is 0.0264. The molecule has 3 heterocycles. The number of aromatic nitrogens is 4. The van der Waals surface area contributed by atoms with Gasteiger partial charge in [0.2, 0.25) is 5.89 Å². The van der Waals surface area contributed by atoms with Crippen LogP contribution in [0.3, 0.4) is 0 Å². The highest BCUT2D eigenvalue weighted by atomic mass is 28.4. The van der Waals surface area contributed by atoms with E-state index in [-0.39, 0.29) is 22.9 Å². The number of rotatable bonds is 6. The van der Waals surface area contributed by atoms with Gasteiger partial charge in [0, 0.05) is 0 Å². The summed E-state index contributed by atoms with van der Waals surface area (Å²) in [6, 6.07) is 7.93. The molecule has 3 atom stereocenters. The Hall–Kier alpha value is -3.57. The summed E-state index contributed by atoms with van der Waals surface area (Å²) in [7, 11) is -2.36. The molecule has 1 aromatic carbocycles. The fourth-order valence-electron chi connectivity index (χ4n) is 5.47. The second-order valence-corrected chi connectivity index (χ2v) is 19.0. The van der Waals surface area contributed by atoms with Gasteiger partial charge in [0.15, 0.2) is 8.32 Å². The van der Waals surface area contributed by atoms with E-state index in [0.29, 0.717) is 28.5 Å². The first kappa shape index (κ1) is 31.8. The summed E-state index contributed by atoms with van der Waals surface area (Å²) in [5.74, 6) is 0.501. The molecular weight excluding hydrogens is 577 g/mol. The van der Waals surface area contributed by atoms with Crippen LogP contribution < -0.4 is 5.32 Å². The summed E-state index contributed by atoms with van der Waals surface area (Å²) in [5.41, 5.74) is 2.40. The summed E-state index contributed by atoms with van der Waals surface area (Å²) in [5, 5.41) is 3.05. The van der Waals surface area contributed by atoms with E-state index in [1.165, 1.54) is 6.07 Å². The maximum atomic E-state index is 15.4. The number of hydrogen-bond donors (Lipinski definition) is 1. The van der Waals surface area contributed by atoms with E-state index >= 15 is 4.39 Å². The van der Waals surface area contributed by atoms with Crippen molar-refractivity contribution in [2.24, 2.45) is 0 Å². The summed E-state index contributed by atoms with van der Waals surface area (Å²) in [6.45, 7) is 18.4. The summed E-state index contributed by atoms with van der Waals surface area (Å²) >= 11 is 0. The normalized spacial score (nSPS) is 19.7. The third kappa shape index (κ3) is 6.58. The van der Waals surface area contributed by atoms with Crippen LogP contribution in [0.15, 0.2) is 47.2 Å². The number of fused-ring (bicyclic) bond motifs is 1. The van der Waals surface area contributed by atoms with Crippen LogP contribution in [0, 0.1) is 12.7 Å². The zero-order valence-corrected chi connectivity index (χ0v) is 28.2. The molecule has 11 heteroatoms. The zero-order valence-electron chi connectivity index (χ0n) is 27.2. The molecular formula is C33H44FN5O4Si. The molecule has 1 N–H and O–H groups in total. The van der Waals surface area contributed by atoms with Crippen LogP contribution in [-0.4, -0.2) is 51.7 Å². The fourth-order valence-corrected chi connectivity index (χ4v) is 6.82. The van der Waals surface area contributed by atoms with Crippen LogP contribution in [0.5, 0.6) is 0 Å². The predicted octanol–water partition coefficient (Wildman–Crippen LogP) is 8.21. The molecule has 1 aliphatic carbocycles. The highest BCUT2D eigenvalue weighted by Crippen LogP contribution is 2.44. The lowest BCUT2D eigenvalue weighted by atomic mass is 9.87. The van der Waals surface area contributed by atoms with Gasteiger partial charge in [0.05, 0.1) is 41.2 Å². The summed E-state index contributed by atoms with van der Waals surface area (Å²) in [4.78, 5) is 27.1. The zero-order chi connectivity index (χ0) is 32.0. The van der Waals surface area contributed by atoms with E-state index in [1.807, 2.05) is 33.8 Å². The molecule has 0 unspecified atom stereocenters. The van der Waals surface area contributed by atoms with Crippen molar-refractivity contribution in [3.8, 4) is 23.0 Å². The van der Waals surface area contributed by atoms with Crippen molar-refractivity contribution in [3.63, 3.8) is 0 Å². The van der Waals surface area contributed by atoms with Gasteiger partial charge in [0.25, 0.3) is 0 Å². The van der Waals surface area contributed by atoms with Gasteiger partial charge in [-0.1, -0.05) is 32.9 Å². The molecule has 1 saturated carbocycles. The van der Waals surface area contributed by atoms with Crippen molar-refractivity contribution in [2.75, 3.05) is 0 Å². The van der Waals surface area contributed by atoms with Gasteiger partial charge in [0.1, 0.15) is 34.7 Å². The third-order valence-electron chi connectivity index (χ3n) is 8.59. The van der Waals surface area contributed by atoms with E-state index in [4.69, 9.17) is 18.6 Å². The van der Waals surface area contributed by atoms with E-state index in [2.05, 4.69) is 53.7 Å². The number of ether oxygens (including phenoxy) is 1. The lowest BCUT2D eigenvalue weighted by Crippen LogP contribution is -2.56. The Bertz CT molecular complexity index is 1650. The number of imidazole rings is 1. The number of alkyl carbamates (subject to hydrolysis) is 1. The summed E-state index contributed by atoms with van der Waals surface area (Å²) < 4.78 is 36.1. The molecule has 0 radical (unpaired) electrons. The SMILES string of the molecule is Cc1coc(-c2cc3c(cn2)nc(-c2ccccc2F)n3[C@@H]2CCC[C@H](NC(=O)OC(C)(C)C)[C@H]2O[Si](C)(C)C(C)(C)C)n1. The van der Waals surface area contributed by atoms with Gasteiger partial charge >= 0.3 is 6.09 Å². The fraction of sp³-hybridized carbons (Fsp3) is 0.515. The van der Waals surface area contributed by atoms with Crippen LogP contribution >= 0.6 is 0 Å². The van der Waals surface area contributed by atoms with E-state index < -0.39 is 26.1 Å². The second-order valence-electron chi connectivity index (χ2n) is 14.2. The molecule has 0 saturated heterocycles. The first-order chi connectivity index (χ1) is 20.5. The van der Waals surface area contributed by atoms with E-state index in [0.717, 1.165) is 30.5 Å². The van der Waals surface area contributed by atoms with Gasteiger partial charge < -0.3 is 23.5 Å². The Morgan fingerprint density at radius 3 is 2.48 bits per heavy atom. The minimum Gasteiger partial charge on any atom is -0.444 e. The first-order valence-corrected chi connectivity index (χ1v) is 18.2. The Kier molecular flexibility index (Phi) is 8.49. The largest absolute Gasteiger partial charge is 0.444 e. The highest BCUT2D eigenvalue weighted by Gasteiger charge is 2.46. The number of nitrogens with zero attached hydrogens (tertiary/aromatic N) is 4. The Morgan fingerprint density at radius 2 is 1.84 bits per heavy atom. The molecule has 3 aromatic heterocycles. The second kappa shape index (κ2) is 11.7. The van der Waals surface area contributed by atoms with Gasteiger partial charge in [-0.3, -0.25) is 0 Å². The smallest absolute Gasteiger partial charge is 0.407 e. The van der Waals surface area contributed by atoms with E-state index in [9.17, 15) is 4.79 Å². The molecule has 1 amide bonds. The van der Waals surface area contributed by atoms with Crippen molar-refractivity contribution in [3.05, 3.63) is 54.3 Å².